The first kappa shape index (κ1) is 33.8. The summed E-state index contributed by atoms with van der Waals surface area (Å²) in [5, 5.41) is 10.3. The number of furan rings is 1. The molecule has 252 valence electrons. The van der Waals surface area contributed by atoms with Crippen molar-refractivity contribution in [1.82, 2.24) is 14.0 Å². The second-order valence-corrected chi connectivity index (χ2v) is 11.2. The number of alkyl halides is 6. The van der Waals surface area contributed by atoms with Crippen molar-refractivity contribution in [2.45, 2.75) is 45.0 Å². The van der Waals surface area contributed by atoms with Crippen LogP contribution in [0.15, 0.2) is 68.6 Å². The van der Waals surface area contributed by atoms with Gasteiger partial charge in [0.05, 0.1) is 31.2 Å². The zero-order valence-electron chi connectivity index (χ0n) is 24.9. The van der Waals surface area contributed by atoms with Crippen molar-refractivity contribution in [3.63, 3.8) is 0 Å². The van der Waals surface area contributed by atoms with Gasteiger partial charge in [0.1, 0.15) is 23.0 Å². The van der Waals surface area contributed by atoms with Crippen LogP contribution in [0.3, 0.4) is 0 Å². The largest absolute Gasteiger partial charge is 0.508 e. The van der Waals surface area contributed by atoms with Crippen LogP contribution in [0.1, 0.15) is 39.9 Å². The number of nitrogens with zero attached hydrogens (tertiary/aromatic N) is 4. The maximum atomic E-state index is 14.9. The Morgan fingerprint density at radius 1 is 0.872 bits per heavy atom. The highest BCUT2D eigenvalue weighted by Gasteiger charge is 2.36. The summed E-state index contributed by atoms with van der Waals surface area (Å²) in [6, 6.07) is 9.38. The highest BCUT2D eigenvalue weighted by Crippen LogP contribution is 2.34. The quantitative estimate of drug-likeness (QED) is 0.258. The summed E-state index contributed by atoms with van der Waals surface area (Å²) in [6.45, 7) is 0.909. The standard InChI is InChI=1S/C31H30F7N5O4/c1-18-27(41-13-11-40(12-14-41)15-19-9-10-26(47-19)31(36,37)38)28(45)43(17-24(39)20-5-2-3-8-25(20)44)29(46)42(18)16-21-22(30(33,34)35)6-4-7-23(21)32/h2-10,24,44H,11-17,39H2,1H3. The molecule has 0 amide bonds. The first-order valence-corrected chi connectivity index (χ1v) is 14.4. The smallest absolute Gasteiger partial charge is 0.449 e. The first-order valence-electron chi connectivity index (χ1n) is 14.4. The molecule has 0 bridgehead atoms. The van der Waals surface area contributed by atoms with Crippen LogP contribution >= 0.6 is 0 Å². The summed E-state index contributed by atoms with van der Waals surface area (Å²) >= 11 is 0. The molecule has 3 N–H and O–H groups in total. The fraction of sp³-hybridized carbons (Fsp3) is 0.355. The van der Waals surface area contributed by atoms with Gasteiger partial charge in [-0.1, -0.05) is 24.3 Å². The highest BCUT2D eigenvalue weighted by atomic mass is 19.4. The normalized spacial score (nSPS) is 15.3. The molecule has 1 unspecified atom stereocenters. The molecule has 3 heterocycles. The number of piperazine rings is 1. The molecule has 0 spiro atoms. The third-order valence-electron chi connectivity index (χ3n) is 8.12. The van der Waals surface area contributed by atoms with E-state index >= 15 is 0 Å². The number of hydrogen-bond acceptors (Lipinski definition) is 7. The predicted octanol–water partition coefficient (Wildman–Crippen LogP) is 4.86. The van der Waals surface area contributed by atoms with E-state index in [9.17, 15) is 45.4 Å². The van der Waals surface area contributed by atoms with Crippen molar-refractivity contribution in [3.8, 4) is 5.75 Å². The number of phenols is 1. The lowest BCUT2D eigenvalue weighted by Gasteiger charge is -2.36. The van der Waals surface area contributed by atoms with E-state index in [1.54, 1.807) is 21.9 Å². The molecule has 1 aliphatic rings. The van der Waals surface area contributed by atoms with E-state index in [0.717, 1.165) is 27.3 Å². The Labute approximate surface area is 262 Å². The van der Waals surface area contributed by atoms with Crippen molar-refractivity contribution >= 4 is 5.69 Å². The molecule has 9 nitrogen and oxygen atoms in total. The van der Waals surface area contributed by atoms with Gasteiger partial charge in [-0.25, -0.2) is 9.18 Å². The SMILES string of the molecule is Cc1c(N2CCN(Cc3ccc(C(F)(F)F)o3)CC2)c(=O)n(CC(N)c2ccccc2O)c(=O)n1Cc1c(F)cccc1C(F)(F)F. The third-order valence-corrected chi connectivity index (χ3v) is 8.12. The lowest BCUT2D eigenvalue weighted by atomic mass is 10.1. The van der Waals surface area contributed by atoms with Gasteiger partial charge in [0.15, 0.2) is 0 Å². The lowest BCUT2D eigenvalue weighted by Crippen LogP contribution is -2.51. The molecular formula is C31H30F7N5O4. The van der Waals surface area contributed by atoms with Gasteiger partial charge in [-0.15, -0.1) is 0 Å². The van der Waals surface area contributed by atoms with Crippen molar-refractivity contribution in [2.75, 3.05) is 31.1 Å². The fourth-order valence-electron chi connectivity index (χ4n) is 5.70. The number of halogens is 7. The summed E-state index contributed by atoms with van der Waals surface area (Å²) in [5.74, 6) is -2.44. The monoisotopic (exact) mass is 669 g/mol. The number of para-hydroxylation sites is 1. The summed E-state index contributed by atoms with van der Waals surface area (Å²) in [4.78, 5) is 31.1. The van der Waals surface area contributed by atoms with Crippen LogP contribution in [0, 0.1) is 12.7 Å². The zero-order valence-corrected chi connectivity index (χ0v) is 24.9. The number of phenolic OH excluding ortho intramolecular Hbond substituents is 1. The van der Waals surface area contributed by atoms with Gasteiger partial charge in [0.2, 0.25) is 5.76 Å². The number of hydrogen-bond donors (Lipinski definition) is 2. The van der Waals surface area contributed by atoms with Crippen LogP contribution in [0.5, 0.6) is 5.75 Å². The molecule has 1 atom stereocenters. The summed E-state index contributed by atoms with van der Waals surface area (Å²) in [6.07, 6.45) is -9.58. The zero-order chi connectivity index (χ0) is 34.3. The van der Waals surface area contributed by atoms with Gasteiger partial charge in [-0.3, -0.25) is 18.8 Å². The molecule has 0 saturated carbocycles. The third kappa shape index (κ3) is 7.07. The summed E-state index contributed by atoms with van der Waals surface area (Å²) < 4.78 is 102. The number of aromatic hydroxyl groups is 1. The van der Waals surface area contributed by atoms with E-state index in [-0.39, 0.29) is 61.2 Å². The van der Waals surface area contributed by atoms with Crippen molar-refractivity contribution in [1.29, 1.82) is 0 Å². The molecule has 5 rings (SSSR count). The molecule has 16 heteroatoms. The number of rotatable bonds is 8. The minimum atomic E-state index is -4.94. The van der Waals surface area contributed by atoms with Gasteiger partial charge < -0.3 is 20.2 Å². The Kier molecular flexibility index (Phi) is 9.28. The molecule has 1 saturated heterocycles. The summed E-state index contributed by atoms with van der Waals surface area (Å²) in [5.41, 5.74) is 2.54. The first-order chi connectivity index (χ1) is 22.1. The van der Waals surface area contributed by atoms with E-state index < -0.39 is 65.4 Å². The minimum absolute atomic E-state index is 0.0157. The Balaban J connectivity index is 1.52. The molecule has 1 aliphatic heterocycles. The van der Waals surface area contributed by atoms with Crippen molar-refractivity contribution in [2.24, 2.45) is 5.73 Å². The number of anilines is 1. The van der Waals surface area contributed by atoms with Gasteiger partial charge >= 0.3 is 18.0 Å². The maximum absolute atomic E-state index is 14.9. The molecular weight excluding hydrogens is 639 g/mol. The van der Waals surface area contributed by atoms with Gasteiger partial charge in [-0.2, -0.15) is 26.3 Å². The van der Waals surface area contributed by atoms with Crippen LogP contribution < -0.4 is 21.9 Å². The maximum Gasteiger partial charge on any atom is 0.449 e. The lowest BCUT2D eigenvalue weighted by molar-refractivity contribution is -0.153. The van der Waals surface area contributed by atoms with Crippen molar-refractivity contribution < 1.29 is 40.3 Å². The van der Waals surface area contributed by atoms with Gasteiger partial charge in [-0.05, 0) is 37.3 Å². The van der Waals surface area contributed by atoms with Crippen LogP contribution in [0.4, 0.5) is 36.4 Å². The molecule has 1 fully saturated rings. The number of benzene rings is 2. The molecule has 4 aromatic rings. The Morgan fingerprint density at radius 3 is 2.17 bits per heavy atom. The van der Waals surface area contributed by atoms with Gasteiger partial charge in [0.25, 0.3) is 5.56 Å². The molecule has 47 heavy (non-hydrogen) atoms. The predicted molar refractivity (Wildman–Crippen MR) is 156 cm³/mol. The topological polar surface area (TPSA) is 110 Å². The van der Waals surface area contributed by atoms with E-state index in [4.69, 9.17) is 10.2 Å². The Bertz CT molecular complexity index is 1870. The van der Waals surface area contributed by atoms with Crippen LogP contribution in [-0.2, 0) is 32.0 Å². The Morgan fingerprint density at radius 2 is 1.55 bits per heavy atom. The second kappa shape index (κ2) is 12.9. The molecule has 2 aromatic heterocycles. The molecule has 0 aliphatic carbocycles. The van der Waals surface area contributed by atoms with E-state index in [1.807, 2.05) is 0 Å². The van der Waals surface area contributed by atoms with E-state index in [2.05, 4.69) is 0 Å². The van der Waals surface area contributed by atoms with Crippen LogP contribution in [0.25, 0.3) is 0 Å². The van der Waals surface area contributed by atoms with Crippen LogP contribution in [0.2, 0.25) is 0 Å². The number of nitrogens with two attached hydrogens (primary N) is 1. The fourth-order valence-corrected chi connectivity index (χ4v) is 5.70. The highest BCUT2D eigenvalue weighted by molar-refractivity contribution is 5.50. The van der Waals surface area contributed by atoms with Gasteiger partial charge in [0, 0.05) is 43.0 Å². The molecule has 0 radical (unpaired) electrons. The average Bonchev–Trinajstić information content (AvgIpc) is 3.48. The van der Waals surface area contributed by atoms with Crippen LogP contribution in [-0.4, -0.2) is 45.3 Å². The minimum Gasteiger partial charge on any atom is -0.508 e. The summed E-state index contributed by atoms with van der Waals surface area (Å²) in [7, 11) is 0. The Hall–Kier alpha value is -4.57. The van der Waals surface area contributed by atoms with E-state index in [0.29, 0.717) is 6.07 Å². The average molecular weight is 670 g/mol. The second-order valence-electron chi connectivity index (χ2n) is 11.2. The number of aromatic nitrogens is 2. The van der Waals surface area contributed by atoms with Crippen molar-refractivity contribution in [3.05, 3.63) is 115 Å². The molecule has 2 aromatic carbocycles. The van der Waals surface area contributed by atoms with E-state index in [1.165, 1.54) is 25.1 Å².